The van der Waals surface area contributed by atoms with Crippen molar-refractivity contribution in [1.29, 1.82) is 0 Å². The van der Waals surface area contributed by atoms with Crippen LogP contribution in [0.5, 0.6) is 5.75 Å². The van der Waals surface area contributed by atoms with E-state index >= 15 is 0 Å². The van der Waals surface area contributed by atoms with Crippen LogP contribution in [0.25, 0.3) is 10.9 Å². The zero-order chi connectivity index (χ0) is 17.3. The second-order valence-corrected chi connectivity index (χ2v) is 5.92. The molecule has 0 bridgehead atoms. The number of rotatable bonds is 5. The van der Waals surface area contributed by atoms with Crippen LogP contribution in [-0.2, 0) is 4.79 Å². The molecule has 1 aliphatic rings. The molecule has 1 aromatic carbocycles. The van der Waals surface area contributed by atoms with Crippen molar-refractivity contribution >= 4 is 22.6 Å². The maximum atomic E-state index is 12.1. The molecule has 0 unspecified atom stereocenters. The summed E-state index contributed by atoms with van der Waals surface area (Å²) in [7, 11) is 1.61. The van der Waals surface area contributed by atoms with E-state index in [0.717, 1.165) is 28.0 Å². The summed E-state index contributed by atoms with van der Waals surface area (Å²) in [6.45, 7) is 2.38. The highest BCUT2D eigenvalue weighted by Gasteiger charge is 2.33. The highest BCUT2D eigenvalue weighted by atomic mass is 19.3. The van der Waals surface area contributed by atoms with Crippen LogP contribution in [0.15, 0.2) is 24.3 Å². The van der Waals surface area contributed by atoms with Gasteiger partial charge in [-0.15, -0.1) is 0 Å². The van der Waals surface area contributed by atoms with Gasteiger partial charge in [0.05, 0.1) is 25.1 Å². The van der Waals surface area contributed by atoms with Gasteiger partial charge in [-0.2, -0.15) is 0 Å². The number of ether oxygens (including phenoxy) is 1. The highest BCUT2D eigenvalue weighted by molar-refractivity contribution is 5.86. The number of hydrogen-bond donors (Lipinski definition) is 1. The van der Waals surface area contributed by atoms with Gasteiger partial charge in [0.15, 0.2) is 0 Å². The minimum atomic E-state index is -2.52. The van der Waals surface area contributed by atoms with Gasteiger partial charge in [0, 0.05) is 24.5 Å². The van der Waals surface area contributed by atoms with E-state index in [9.17, 15) is 13.6 Å². The molecule has 1 amide bonds. The minimum absolute atomic E-state index is 0.271. The van der Waals surface area contributed by atoms with E-state index < -0.39 is 13.0 Å². The largest absolute Gasteiger partial charge is 0.497 e. The molecule has 3 rings (SSSR count). The molecule has 24 heavy (non-hydrogen) atoms. The normalized spacial score (nSPS) is 14.8. The third-order valence-electron chi connectivity index (χ3n) is 4.22. The van der Waals surface area contributed by atoms with E-state index in [1.165, 1.54) is 0 Å². The van der Waals surface area contributed by atoms with Crippen LogP contribution in [-0.4, -0.2) is 44.1 Å². The van der Waals surface area contributed by atoms with Gasteiger partial charge in [-0.3, -0.25) is 4.79 Å². The lowest BCUT2D eigenvalue weighted by atomic mass is 9.98. The Morgan fingerprint density at radius 2 is 2.17 bits per heavy atom. The number of amides is 1. The Morgan fingerprint density at radius 1 is 1.42 bits per heavy atom. The maximum Gasteiger partial charge on any atom is 0.255 e. The van der Waals surface area contributed by atoms with Crippen molar-refractivity contribution in [3.8, 4) is 5.75 Å². The first kappa shape index (κ1) is 16.4. The van der Waals surface area contributed by atoms with Crippen molar-refractivity contribution in [3.05, 3.63) is 29.8 Å². The number of nitrogens with zero attached hydrogens (tertiary/aromatic N) is 2. The number of fused-ring (bicyclic) bond motifs is 1. The molecule has 1 aromatic heterocycles. The number of nitrogens with one attached hydrogen (secondary N) is 1. The number of alkyl halides is 2. The van der Waals surface area contributed by atoms with Gasteiger partial charge >= 0.3 is 0 Å². The molecular formula is C17H19F2N3O2. The van der Waals surface area contributed by atoms with Crippen molar-refractivity contribution in [2.75, 3.05) is 31.6 Å². The summed E-state index contributed by atoms with van der Waals surface area (Å²) in [5.41, 5.74) is 1.92. The van der Waals surface area contributed by atoms with E-state index in [4.69, 9.17) is 4.74 Å². The molecule has 0 atom stereocenters. The fourth-order valence-corrected chi connectivity index (χ4v) is 2.81. The second kappa shape index (κ2) is 6.59. The number of anilines is 1. The second-order valence-electron chi connectivity index (χ2n) is 5.92. The van der Waals surface area contributed by atoms with Gasteiger partial charge in [-0.25, -0.2) is 13.8 Å². The number of hydrogen-bond acceptors (Lipinski definition) is 4. The zero-order valence-corrected chi connectivity index (χ0v) is 13.6. The molecule has 0 saturated carbocycles. The Morgan fingerprint density at radius 3 is 2.83 bits per heavy atom. The topological polar surface area (TPSA) is 54.5 Å². The fourth-order valence-electron chi connectivity index (χ4n) is 2.81. The predicted molar refractivity (Wildman–Crippen MR) is 87.7 cm³/mol. The maximum absolute atomic E-state index is 12.1. The summed E-state index contributed by atoms with van der Waals surface area (Å²) in [6, 6.07) is 7.71. The molecule has 2 heterocycles. The average molecular weight is 335 g/mol. The molecule has 0 aliphatic carbocycles. The first-order chi connectivity index (χ1) is 11.5. The molecule has 0 spiro atoms. The Balaban J connectivity index is 1.71. The van der Waals surface area contributed by atoms with Crippen LogP contribution in [0, 0.1) is 12.8 Å². The standard InChI is InChI=1S/C17H19F2N3O2/c1-10-5-16(21-14-6-12(24-2)3-4-13(10)14)22-8-11(9-22)17(23)20-7-15(18)19/h3-6,11,15H,7-9H2,1-2H3,(H,20,23). The Labute approximate surface area is 138 Å². The van der Waals surface area contributed by atoms with E-state index in [2.05, 4.69) is 10.3 Å². The first-order valence-electron chi connectivity index (χ1n) is 7.74. The molecule has 128 valence electrons. The third kappa shape index (κ3) is 3.25. The molecular weight excluding hydrogens is 316 g/mol. The van der Waals surface area contributed by atoms with Gasteiger partial charge in [0.2, 0.25) is 5.91 Å². The number of carbonyl (C=O) groups excluding carboxylic acids is 1. The quantitative estimate of drug-likeness (QED) is 0.911. The van der Waals surface area contributed by atoms with E-state index in [-0.39, 0.29) is 11.8 Å². The summed E-state index contributed by atoms with van der Waals surface area (Å²) in [5, 5.41) is 3.31. The molecule has 1 saturated heterocycles. The van der Waals surface area contributed by atoms with Gasteiger partial charge in [-0.1, -0.05) is 0 Å². The van der Waals surface area contributed by atoms with Gasteiger partial charge in [0.1, 0.15) is 11.6 Å². The summed E-state index contributed by atoms with van der Waals surface area (Å²) in [4.78, 5) is 18.4. The molecule has 5 nitrogen and oxygen atoms in total. The van der Waals surface area contributed by atoms with Crippen LogP contribution in [0.2, 0.25) is 0 Å². The lowest BCUT2D eigenvalue weighted by Gasteiger charge is -2.39. The summed E-state index contributed by atoms with van der Waals surface area (Å²) < 4.78 is 29.5. The number of methoxy groups -OCH3 is 1. The lowest BCUT2D eigenvalue weighted by molar-refractivity contribution is -0.126. The Bertz CT molecular complexity index is 761. The van der Waals surface area contributed by atoms with Gasteiger partial charge < -0.3 is 15.0 Å². The van der Waals surface area contributed by atoms with Crippen LogP contribution in [0.1, 0.15) is 5.56 Å². The van der Waals surface area contributed by atoms with Crippen molar-refractivity contribution < 1.29 is 18.3 Å². The summed E-state index contributed by atoms with van der Waals surface area (Å²) in [5.74, 6) is 0.920. The van der Waals surface area contributed by atoms with E-state index in [1.54, 1.807) is 7.11 Å². The smallest absolute Gasteiger partial charge is 0.255 e. The first-order valence-corrected chi connectivity index (χ1v) is 7.74. The van der Waals surface area contributed by atoms with Crippen LogP contribution >= 0.6 is 0 Å². The van der Waals surface area contributed by atoms with Gasteiger partial charge in [0.25, 0.3) is 6.43 Å². The lowest BCUT2D eigenvalue weighted by Crippen LogP contribution is -2.54. The van der Waals surface area contributed by atoms with Crippen LogP contribution in [0.4, 0.5) is 14.6 Å². The van der Waals surface area contributed by atoms with E-state index in [1.807, 2.05) is 36.1 Å². The molecule has 1 aliphatic heterocycles. The van der Waals surface area contributed by atoms with Crippen molar-refractivity contribution in [1.82, 2.24) is 10.3 Å². The minimum Gasteiger partial charge on any atom is -0.497 e. The summed E-state index contributed by atoms with van der Waals surface area (Å²) in [6.07, 6.45) is -2.52. The fraction of sp³-hybridized carbons (Fsp3) is 0.412. The summed E-state index contributed by atoms with van der Waals surface area (Å²) >= 11 is 0. The number of aromatic nitrogens is 1. The average Bonchev–Trinajstić information content (AvgIpc) is 2.51. The van der Waals surface area contributed by atoms with Crippen molar-refractivity contribution in [2.24, 2.45) is 5.92 Å². The van der Waals surface area contributed by atoms with Crippen molar-refractivity contribution in [3.63, 3.8) is 0 Å². The Hall–Kier alpha value is -2.44. The third-order valence-corrected chi connectivity index (χ3v) is 4.22. The Kier molecular flexibility index (Phi) is 4.51. The van der Waals surface area contributed by atoms with Crippen molar-refractivity contribution in [2.45, 2.75) is 13.3 Å². The SMILES string of the molecule is COc1ccc2c(C)cc(N3CC(C(=O)NCC(F)F)C3)nc2c1. The number of halogens is 2. The van der Waals surface area contributed by atoms with Crippen LogP contribution < -0.4 is 15.0 Å². The predicted octanol–water partition coefficient (Wildman–Crippen LogP) is 2.37. The number of pyridine rings is 1. The molecule has 0 radical (unpaired) electrons. The molecule has 1 fully saturated rings. The molecule has 7 heteroatoms. The number of carbonyl (C=O) groups is 1. The van der Waals surface area contributed by atoms with Gasteiger partial charge in [-0.05, 0) is 30.7 Å². The van der Waals surface area contributed by atoms with Crippen LogP contribution in [0.3, 0.4) is 0 Å². The number of aryl methyl sites for hydroxylation is 1. The molecule has 2 aromatic rings. The highest BCUT2D eigenvalue weighted by Crippen LogP contribution is 2.29. The number of benzene rings is 1. The molecule has 1 N–H and O–H groups in total. The zero-order valence-electron chi connectivity index (χ0n) is 13.6. The van der Waals surface area contributed by atoms with E-state index in [0.29, 0.717) is 13.1 Å². The monoisotopic (exact) mass is 335 g/mol.